The molecule has 3 rings (SSSR count). The number of rotatable bonds is 10. The van der Waals surface area contributed by atoms with E-state index in [-0.39, 0.29) is 25.5 Å². The average molecular weight is 501 g/mol. The average Bonchev–Trinajstić information content (AvgIpc) is 3.24. The Balaban J connectivity index is 2.10. The quantitative estimate of drug-likeness (QED) is 0.422. The van der Waals surface area contributed by atoms with E-state index in [0.717, 1.165) is 33.4 Å². The van der Waals surface area contributed by atoms with Crippen molar-refractivity contribution >= 4 is 34.2 Å². The number of nitrogens with one attached hydrogen (secondary N) is 1. The summed E-state index contributed by atoms with van der Waals surface area (Å²) in [4.78, 5) is 55.1. The van der Waals surface area contributed by atoms with Gasteiger partial charge in [0.1, 0.15) is 5.00 Å². The Hall–Kier alpha value is -3.73. The zero-order valence-electron chi connectivity index (χ0n) is 20.1. The first-order valence-corrected chi connectivity index (χ1v) is 11.9. The maximum Gasteiger partial charge on any atom is 0.354 e. The summed E-state index contributed by atoms with van der Waals surface area (Å²) in [5.41, 5.74) is 0.720. The van der Waals surface area contributed by atoms with Crippen LogP contribution in [0.4, 0.5) is 10.9 Å². The Morgan fingerprint density at radius 1 is 1.09 bits per heavy atom. The number of aryl methyl sites for hydroxylation is 2. The number of methoxy groups -OCH3 is 2. The first-order valence-electron chi connectivity index (χ1n) is 11.1. The van der Waals surface area contributed by atoms with E-state index in [9.17, 15) is 19.2 Å². The normalized spacial score (nSPS) is 10.7. The zero-order valence-corrected chi connectivity index (χ0v) is 20.9. The summed E-state index contributed by atoms with van der Waals surface area (Å²) in [6.07, 6.45) is 1.49. The van der Waals surface area contributed by atoms with E-state index in [0.29, 0.717) is 10.6 Å². The van der Waals surface area contributed by atoms with Gasteiger partial charge in [0.25, 0.3) is 0 Å². The number of carbonyl (C=O) groups excluding carboxylic acids is 2. The Bertz CT molecular complexity index is 1320. The van der Waals surface area contributed by atoms with Crippen molar-refractivity contribution in [1.29, 1.82) is 0 Å². The molecule has 0 saturated heterocycles. The number of hydrogen-bond acceptors (Lipinski definition) is 9. The minimum Gasteiger partial charge on any atom is -0.469 e. The van der Waals surface area contributed by atoms with Crippen LogP contribution in [-0.2, 0) is 33.8 Å². The highest BCUT2D eigenvalue weighted by Crippen LogP contribution is 2.31. The molecule has 35 heavy (non-hydrogen) atoms. The van der Waals surface area contributed by atoms with Crippen LogP contribution in [-0.4, -0.2) is 40.3 Å². The second-order valence-corrected chi connectivity index (χ2v) is 9.01. The van der Waals surface area contributed by atoms with Crippen LogP contribution >= 0.6 is 11.3 Å². The molecule has 2 aromatic heterocycles. The first-order chi connectivity index (χ1) is 16.8. The summed E-state index contributed by atoms with van der Waals surface area (Å²) >= 11 is 1.34. The second-order valence-electron chi connectivity index (χ2n) is 7.87. The van der Waals surface area contributed by atoms with Crippen LogP contribution in [0.1, 0.15) is 46.1 Å². The summed E-state index contributed by atoms with van der Waals surface area (Å²) in [6, 6.07) is 9.32. The van der Waals surface area contributed by atoms with Crippen LogP contribution in [0, 0.1) is 6.92 Å². The molecule has 0 aliphatic rings. The van der Waals surface area contributed by atoms with Gasteiger partial charge < -0.3 is 14.8 Å². The molecule has 0 radical (unpaired) electrons. The van der Waals surface area contributed by atoms with Gasteiger partial charge in [-0.2, -0.15) is 4.98 Å². The molecule has 0 atom stereocenters. The molecule has 0 bridgehead atoms. The van der Waals surface area contributed by atoms with Gasteiger partial charge in [-0.25, -0.2) is 19.0 Å². The zero-order chi connectivity index (χ0) is 25.5. The molecule has 0 fully saturated rings. The van der Waals surface area contributed by atoms with Crippen molar-refractivity contribution in [3.05, 3.63) is 72.9 Å². The van der Waals surface area contributed by atoms with Gasteiger partial charge in [-0.05, 0) is 25.0 Å². The SMILES string of the molecule is CCCc1cc(C(=O)OC)c(Nc2nc(=O)n(CCC(=O)OC)c(=O)n2Cc2ccc(C)cc2)s1. The number of hydrogen-bond donors (Lipinski definition) is 1. The maximum atomic E-state index is 13.4. The molecule has 2 heterocycles. The van der Waals surface area contributed by atoms with Crippen molar-refractivity contribution in [2.24, 2.45) is 0 Å². The second kappa shape index (κ2) is 11.6. The molecule has 11 heteroatoms. The van der Waals surface area contributed by atoms with Crippen molar-refractivity contribution < 1.29 is 19.1 Å². The Morgan fingerprint density at radius 2 is 1.80 bits per heavy atom. The first kappa shape index (κ1) is 25.9. The molecule has 0 aliphatic heterocycles. The topological polar surface area (TPSA) is 122 Å². The van der Waals surface area contributed by atoms with E-state index in [2.05, 4.69) is 15.0 Å². The lowest BCUT2D eigenvalue weighted by molar-refractivity contribution is -0.140. The van der Waals surface area contributed by atoms with E-state index >= 15 is 0 Å². The number of nitrogens with zero attached hydrogens (tertiary/aromatic N) is 3. The van der Waals surface area contributed by atoms with Crippen molar-refractivity contribution in [1.82, 2.24) is 14.1 Å². The van der Waals surface area contributed by atoms with Gasteiger partial charge >= 0.3 is 23.3 Å². The number of ether oxygens (including phenoxy) is 2. The van der Waals surface area contributed by atoms with Crippen molar-refractivity contribution in [3.63, 3.8) is 0 Å². The molecular weight excluding hydrogens is 472 g/mol. The van der Waals surface area contributed by atoms with Crippen molar-refractivity contribution in [2.45, 2.75) is 46.2 Å². The van der Waals surface area contributed by atoms with Crippen LogP contribution < -0.4 is 16.7 Å². The predicted octanol–water partition coefficient (Wildman–Crippen LogP) is 2.87. The van der Waals surface area contributed by atoms with Gasteiger partial charge in [-0.1, -0.05) is 43.2 Å². The maximum absolute atomic E-state index is 13.4. The lowest BCUT2D eigenvalue weighted by Crippen LogP contribution is -2.43. The van der Waals surface area contributed by atoms with Crippen molar-refractivity contribution in [3.8, 4) is 0 Å². The molecule has 10 nitrogen and oxygen atoms in total. The molecule has 0 aliphatic carbocycles. The molecule has 1 aromatic carbocycles. The third-order valence-electron chi connectivity index (χ3n) is 5.29. The highest BCUT2D eigenvalue weighted by atomic mass is 32.1. The molecule has 0 unspecified atom stereocenters. The Morgan fingerprint density at radius 3 is 2.43 bits per heavy atom. The van der Waals surface area contributed by atoms with E-state index in [1.807, 2.05) is 38.1 Å². The lowest BCUT2D eigenvalue weighted by Gasteiger charge is -2.15. The fourth-order valence-corrected chi connectivity index (χ4v) is 4.55. The Kier molecular flexibility index (Phi) is 8.58. The molecule has 0 saturated carbocycles. The number of carbonyl (C=O) groups is 2. The van der Waals surface area contributed by atoms with E-state index in [1.54, 1.807) is 6.07 Å². The van der Waals surface area contributed by atoms with Crippen LogP contribution in [0.25, 0.3) is 0 Å². The molecule has 0 amide bonds. The highest BCUT2D eigenvalue weighted by Gasteiger charge is 2.21. The third kappa shape index (κ3) is 6.24. The number of esters is 2. The van der Waals surface area contributed by atoms with Crippen molar-refractivity contribution in [2.75, 3.05) is 19.5 Å². The van der Waals surface area contributed by atoms with Gasteiger partial charge in [0.05, 0.1) is 32.7 Å². The molecule has 0 spiro atoms. The summed E-state index contributed by atoms with van der Waals surface area (Å²) in [5, 5.41) is 3.44. The minimum atomic E-state index is -0.813. The predicted molar refractivity (Wildman–Crippen MR) is 133 cm³/mol. The van der Waals surface area contributed by atoms with Crippen LogP contribution in [0.5, 0.6) is 0 Å². The van der Waals surface area contributed by atoms with Crippen LogP contribution in [0.15, 0.2) is 39.9 Å². The minimum absolute atomic E-state index is 0.00931. The molecule has 186 valence electrons. The summed E-state index contributed by atoms with van der Waals surface area (Å²) < 4.78 is 11.7. The summed E-state index contributed by atoms with van der Waals surface area (Å²) in [6.45, 7) is 3.93. The smallest absolute Gasteiger partial charge is 0.354 e. The van der Waals surface area contributed by atoms with Gasteiger partial charge in [-0.15, -0.1) is 11.3 Å². The molecule has 3 aromatic rings. The van der Waals surface area contributed by atoms with Crippen LogP contribution in [0.3, 0.4) is 0 Å². The monoisotopic (exact) mass is 500 g/mol. The van der Waals surface area contributed by atoms with Gasteiger partial charge in [-0.3, -0.25) is 9.36 Å². The van der Waals surface area contributed by atoms with E-state index in [4.69, 9.17) is 4.74 Å². The fraction of sp³-hybridized carbons (Fsp3) is 0.375. The number of aromatic nitrogens is 3. The Labute approximate surface area is 206 Å². The lowest BCUT2D eigenvalue weighted by atomic mass is 10.1. The summed E-state index contributed by atoms with van der Waals surface area (Å²) in [5.74, 6) is -1.09. The molecular formula is C24H28N4O6S. The van der Waals surface area contributed by atoms with E-state index in [1.165, 1.54) is 30.1 Å². The number of anilines is 2. The van der Waals surface area contributed by atoms with Gasteiger partial charge in [0.2, 0.25) is 5.95 Å². The van der Waals surface area contributed by atoms with Gasteiger partial charge in [0.15, 0.2) is 0 Å². The van der Waals surface area contributed by atoms with Crippen LogP contribution in [0.2, 0.25) is 0 Å². The van der Waals surface area contributed by atoms with E-state index < -0.39 is 23.3 Å². The number of thiophene rings is 1. The largest absolute Gasteiger partial charge is 0.469 e. The number of benzene rings is 1. The highest BCUT2D eigenvalue weighted by molar-refractivity contribution is 7.16. The van der Waals surface area contributed by atoms with Gasteiger partial charge in [0, 0.05) is 11.4 Å². The summed E-state index contributed by atoms with van der Waals surface area (Å²) in [7, 11) is 2.52. The standard InChI is InChI=1S/C24H28N4O6S/c1-5-6-17-13-18(21(30)34-4)20(35-17)25-22-26-23(31)27(12-11-19(29)33-3)24(32)28(22)14-16-9-7-15(2)8-10-16/h7-10,13H,5-6,11-12,14H2,1-4H3,(H,25,26,31). The molecule has 1 N–H and O–H groups in total. The fourth-order valence-electron chi connectivity index (χ4n) is 3.41. The third-order valence-corrected chi connectivity index (χ3v) is 6.40.